The van der Waals surface area contributed by atoms with Gasteiger partial charge in [0.2, 0.25) is 5.91 Å². The Morgan fingerprint density at radius 2 is 1.88 bits per heavy atom. The Labute approximate surface area is 151 Å². The summed E-state index contributed by atoms with van der Waals surface area (Å²) in [5, 5.41) is 5.93. The second-order valence-electron chi connectivity index (χ2n) is 6.36. The first kappa shape index (κ1) is 19.1. The zero-order valence-electron chi connectivity index (χ0n) is 15.0. The third-order valence-corrected chi connectivity index (χ3v) is 3.55. The summed E-state index contributed by atoms with van der Waals surface area (Å²) in [5.41, 5.74) is 12.3. The van der Waals surface area contributed by atoms with E-state index in [4.69, 9.17) is 11.5 Å². The van der Waals surface area contributed by atoms with Crippen molar-refractivity contribution in [3.05, 3.63) is 35.9 Å². The van der Waals surface area contributed by atoms with Gasteiger partial charge in [0.1, 0.15) is 11.9 Å². The van der Waals surface area contributed by atoms with E-state index in [9.17, 15) is 9.59 Å². The van der Waals surface area contributed by atoms with Crippen molar-refractivity contribution in [1.29, 1.82) is 0 Å². The number of amides is 2. The third kappa shape index (κ3) is 5.13. The lowest BCUT2D eigenvalue weighted by atomic mass is 10.0. The quantitative estimate of drug-likeness (QED) is 0.557. The number of nitrogens with zero attached hydrogens (tertiary/aromatic N) is 3. The minimum Gasteiger partial charge on any atom is -0.368 e. The number of carbonyl (C=O) groups excluding carboxylic acids is 2. The fraction of sp³-hybridized carbons (Fsp3) is 0.353. The standard InChI is InChI=1S/C17H23N7O2/c1-9(2)6-12(15(18)25)23-13-8-21-14(16(19)26)17(24-13)22-11-5-4-10(3)20-7-11/h4-5,7-9,12H,6H2,1-3H3,(H2,18,25)(H2,19,26)(H2,22,23,24)/t12-/m1/s1. The number of primary amides is 2. The van der Waals surface area contributed by atoms with Crippen LogP contribution in [0.15, 0.2) is 24.5 Å². The predicted molar refractivity (Wildman–Crippen MR) is 98.9 cm³/mol. The van der Waals surface area contributed by atoms with Gasteiger partial charge in [-0.3, -0.25) is 14.6 Å². The van der Waals surface area contributed by atoms with Gasteiger partial charge in [0, 0.05) is 5.69 Å². The zero-order chi connectivity index (χ0) is 19.3. The molecule has 138 valence electrons. The van der Waals surface area contributed by atoms with Crippen LogP contribution in [0.5, 0.6) is 0 Å². The highest BCUT2D eigenvalue weighted by Crippen LogP contribution is 2.20. The van der Waals surface area contributed by atoms with Crippen LogP contribution >= 0.6 is 0 Å². The molecule has 2 amide bonds. The number of rotatable bonds is 8. The molecule has 9 nitrogen and oxygen atoms in total. The molecule has 0 aliphatic heterocycles. The van der Waals surface area contributed by atoms with Crippen LogP contribution in [-0.2, 0) is 4.79 Å². The van der Waals surface area contributed by atoms with E-state index in [1.54, 1.807) is 12.3 Å². The topological polar surface area (TPSA) is 149 Å². The van der Waals surface area contributed by atoms with Gasteiger partial charge in [0.15, 0.2) is 11.5 Å². The van der Waals surface area contributed by atoms with Crippen molar-refractivity contribution in [2.24, 2.45) is 17.4 Å². The summed E-state index contributed by atoms with van der Waals surface area (Å²) in [6.45, 7) is 5.83. The van der Waals surface area contributed by atoms with Crippen LogP contribution in [0.25, 0.3) is 0 Å². The smallest absolute Gasteiger partial charge is 0.271 e. The molecule has 0 aliphatic carbocycles. The second kappa shape index (κ2) is 8.24. The highest BCUT2D eigenvalue weighted by Gasteiger charge is 2.19. The van der Waals surface area contributed by atoms with E-state index < -0.39 is 17.9 Å². The molecule has 2 aromatic heterocycles. The molecule has 0 spiro atoms. The normalized spacial score (nSPS) is 11.8. The fourth-order valence-corrected chi connectivity index (χ4v) is 2.30. The number of anilines is 3. The summed E-state index contributed by atoms with van der Waals surface area (Å²) in [7, 11) is 0. The second-order valence-corrected chi connectivity index (χ2v) is 6.36. The molecule has 0 unspecified atom stereocenters. The summed E-state index contributed by atoms with van der Waals surface area (Å²) in [6.07, 6.45) is 3.49. The van der Waals surface area contributed by atoms with Crippen molar-refractivity contribution in [3.63, 3.8) is 0 Å². The van der Waals surface area contributed by atoms with E-state index in [-0.39, 0.29) is 17.4 Å². The summed E-state index contributed by atoms with van der Waals surface area (Å²) in [5.74, 6) is -0.478. The van der Waals surface area contributed by atoms with Crippen LogP contribution in [0, 0.1) is 12.8 Å². The van der Waals surface area contributed by atoms with E-state index in [1.165, 1.54) is 6.20 Å². The first-order valence-electron chi connectivity index (χ1n) is 8.18. The molecule has 0 fully saturated rings. The number of pyridine rings is 1. The molecule has 0 bridgehead atoms. The van der Waals surface area contributed by atoms with Crippen LogP contribution in [0.4, 0.5) is 17.3 Å². The molecule has 9 heteroatoms. The van der Waals surface area contributed by atoms with Gasteiger partial charge >= 0.3 is 0 Å². The lowest BCUT2D eigenvalue weighted by Gasteiger charge is -2.18. The van der Waals surface area contributed by atoms with Gasteiger partial charge in [-0.2, -0.15) is 0 Å². The number of hydrogen-bond donors (Lipinski definition) is 4. The minimum atomic E-state index is -0.722. The van der Waals surface area contributed by atoms with Crippen LogP contribution < -0.4 is 22.1 Å². The highest BCUT2D eigenvalue weighted by atomic mass is 16.1. The molecule has 0 saturated heterocycles. The molecule has 26 heavy (non-hydrogen) atoms. The Morgan fingerprint density at radius 3 is 2.42 bits per heavy atom. The molecule has 0 aromatic carbocycles. The Kier molecular flexibility index (Phi) is 6.05. The Morgan fingerprint density at radius 1 is 1.15 bits per heavy atom. The molecule has 1 atom stereocenters. The average Bonchev–Trinajstić information content (AvgIpc) is 2.56. The monoisotopic (exact) mass is 357 g/mol. The van der Waals surface area contributed by atoms with E-state index in [1.807, 2.05) is 26.8 Å². The van der Waals surface area contributed by atoms with Crippen LogP contribution in [0.2, 0.25) is 0 Å². The lowest BCUT2D eigenvalue weighted by Crippen LogP contribution is -2.37. The number of hydrogen-bond acceptors (Lipinski definition) is 7. The SMILES string of the molecule is Cc1ccc(Nc2nc(N[C@H](CC(C)C)C(N)=O)cnc2C(N)=O)cn1. The van der Waals surface area contributed by atoms with Crippen molar-refractivity contribution >= 4 is 29.1 Å². The fourth-order valence-electron chi connectivity index (χ4n) is 2.30. The Hall–Kier alpha value is -3.23. The third-order valence-electron chi connectivity index (χ3n) is 3.55. The molecule has 6 N–H and O–H groups in total. The van der Waals surface area contributed by atoms with Crippen LogP contribution in [0.1, 0.15) is 36.5 Å². The number of carbonyl (C=O) groups is 2. The number of nitrogens with one attached hydrogen (secondary N) is 2. The average molecular weight is 357 g/mol. The van der Waals surface area contributed by atoms with Crippen LogP contribution in [-0.4, -0.2) is 32.8 Å². The summed E-state index contributed by atoms with van der Waals surface area (Å²) in [4.78, 5) is 35.8. The number of aryl methyl sites for hydroxylation is 1. The maximum absolute atomic E-state index is 11.6. The lowest BCUT2D eigenvalue weighted by molar-refractivity contribution is -0.119. The van der Waals surface area contributed by atoms with Gasteiger partial charge in [0.05, 0.1) is 18.1 Å². The van der Waals surface area contributed by atoms with Gasteiger partial charge in [-0.15, -0.1) is 0 Å². The molecule has 2 heterocycles. The molecule has 2 rings (SSSR count). The molecular weight excluding hydrogens is 334 g/mol. The highest BCUT2D eigenvalue weighted by molar-refractivity contribution is 5.96. The van der Waals surface area contributed by atoms with Gasteiger partial charge in [-0.05, 0) is 31.4 Å². The predicted octanol–water partition coefficient (Wildman–Crippen LogP) is 1.33. The maximum Gasteiger partial charge on any atom is 0.271 e. The summed E-state index contributed by atoms with van der Waals surface area (Å²) >= 11 is 0. The van der Waals surface area contributed by atoms with E-state index >= 15 is 0 Å². The van der Waals surface area contributed by atoms with E-state index in [2.05, 4.69) is 25.6 Å². The van der Waals surface area contributed by atoms with Crippen molar-refractivity contribution in [3.8, 4) is 0 Å². The molecule has 0 aliphatic rings. The number of aromatic nitrogens is 3. The Bertz CT molecular complexity index is 790. The minimum absolute atomic E-state index is 0.0180. The van der Waals surface area contributed by atoms with Gasteiger partial charge in [-0.1, -0.05) is 13.8 Å². The maximum atomic E-state index is 11.6. The van der Waals surface area contributed by atoms with Gasteiger partial charge in [-0.25, -0.2) is 9.97 Å². The molecule has 0 radical (unpaired) electrons. The van der Waals surface area contributed by atoms with Crippen LogP contribution in [0.3, 0.4) is 0 Å². The molecular formula is C17H23N7O2. The molecule has 2 aromatic rings. The first-order valence-corrected chi connectivity index (χ1v) is 8.18. The zero-order valence-corrected chi connectivity index (χ0v) is 15.0. The van der Waals surface area contributed by atoms with E-state index in [0.717, 1.165) is 5.69 Å². The Balaban J connectivity index is 2.30. The van der Waals surface area contributed by atoms with Crippen molar-refractivity contribution < 1.29 is 9.59 Å². The van der Waals surface area contributed by atoms with Crippen molar-refractivity contribution in [2.45, 2.75) is 33.2 Å². The van der Waals surface area contributed by atoms with Gasteiger partial charge < -0.3 is 22.1 Å². The van der Waals surface area contributed by atoms with E-state index in [0.29, 0.717) is 17.9 Å². The van der Waals surface area contributed by atoms with Gasteiger partial charge in [0.25, 0.3) is 5.91 Å². The largest absolute Gasteiger partial charge is 0.368 e. The summed E-state index contributed by atoms with van der Waals surface area (Å²) < 4.78 is 0. The summed E-state index contributed by atoms with van der Waals surface area (Å²) in [6, 6.07) is 3.01. The molecule has 0 saturated carbocycles. The van der Waals surface area contributed by atoms with Crippen molar-refractivity contribution in [1.82, 2.24) is 15.0 Å². The number of nitrogens with two attached hydrogens (primary N) is 2. The van der Waals surface area contributed by atoms with Crippen molar-refractivity contribution in [2.75, 3.05) is 10.6 Å². The first-order chi connectivity index (χ1) is 12.3.